The Kier molecular flexibility index (Phi) is 9.41. The Labute approximate surface area is 250 Å². The van der Waals surface area contributed by atoms with Gasteiger partial charge < -0.3 is 20.1 Å². The Morgan fingerprint density at radius 3 is 2.44 bits per heavy atom. The van der Waals surface area contributed by atoms with Gasteiger partial charge in [-0.3, -0.25) is 4.90 Å². The number of carbonyl (C=O) groups is 3. The molecule has 2 heterocycles. The topological polar surface area (TPSA) is 100 Å². The molecule has 3 aliphatic rings. The van der Waals surface area contributed by atoms with Crippen molar-refractivity contribution >= 4 is 18.0 Å². The standard InChI is InChI=1S/C32H38F2N4O5/c1-19-6-4-5-7-24(19)20-8-11-23(12-9-20)37-15-14-22(17-37)35-31(40)38-29(21-10-13-25(33)26(34)16-21)28(30(39)43-3)27(18-42-2)36-32(38)41/h4-7,10,13,16,20,22-23,29H,8-9,11-12,14-15,17-18H2,1-3H3,(H,35,40)(H,36,41)/t20?,22?,23?,29-/m0/s1. The molecular formula is C32H38F2N4O5. The predicted octanol–water partition coefficient (Wildman–Crippen LogP) is 4.92. The van der Waals surface area contributed by atoms with Crippen LogP contribution in [0.5, 0.6) is 0 Å². The molecule has 1 saturated carbocycles. The van der Waals surface area contributed by atoms with E-state index < -0.39 is 35.7 Å². The Hall–Kier alpha value is -3.83. The van der Waals surface area contributed by atoms with Gasteiger partial charge in [-0.1, -0.05) is 30.3 Å². The molecule has 4 amide bonds. The van der Waals surface area contributed by atoms with E-state index in [1.807, 2.05) is 0 Å². The number of rotatable bonds is 7. The van der Waals surface area contributed by atoms with E-state index in [0.29, 0.717) is 24.9 Å². The predicted molar refractivity (Wildman–Crippen MR) is 155 cm³/mol. The number of carbonyl (C=O) groups excluding carboxylic acids is 3. The lowest BCUT2D eigenvalue weighted by Crippen LogP contribution is -2.56. The van der Waals surface area contributed by atoms with Gasteiger partial charge in [-0.15, -0.1) is 0 Å². The largest absolute Gasteiger partial charge is 0.466 e. The molecule has 2 aromatic rings. The highest BCUT2D eigenvalue weighted by Crippen LogP contribution is 2.38. The van der Waals surface area contributed by atoms with E-state index in [-0.39, 0.29) is 29.5 Å². The molecule has 0 bridgehead atoms. The van der Waals surface area contributed by atoms with Gasteiger partial charge >= 0.3 is 18.0 Å². The first kappa shape index (κ1) is 30.6. The number of imide groups is 1. The van der Waals surface area contributed by atoms with Crippen LogP contribution in [0.3, 0.4) is 0 Å². The Bertz CT molecular complexity index is 1410. The van der Waals surface area contributed by atoms with Gasteiger partial charge in [0.05, 0.1) is 25.0 Å². The fourth-order valence-corrected chi connectivity index (χ4v) is 6.76. The number of halogens is 2. The summed E-state index contributed by atoms with van der Waals surface area (Å²) in [6.45, 7) is 3.44. The number of ether oxygens (including phenoxy) is 2. The fraction of sp³-hybridized carbons (Fsp3) is 0.469. The van der Waals surface area contributed by atoms with Crippen LogP contribution < -0.4 is 10.6 Å². The Balaban J connectivity index is 1.31. The number of amides is 4. The maximum atomic E-state index is 14.3. The summed E-state index contributed by atoms with van der Waals surface area (Å²) in [6, 6.07) is 8.81. The van der Waals surface area contributed by atoms with E-state index >= 15 is 0 Å². The molecule has 2 atom stereocenters. The van der Waals surface area contributed by atoms with Gasteiger partial charge in [-0.2, -0.15) is 0 Å². The van der Waals surface area contributed by atoms with E-state index in [9.17, 15) is 23.2 Å². The number of aryl methyl sites for hydroxylation is 1. The zero-order valence-corrected chi connectivity index (χ0v) is 24.7. The lowest BCUT2D eigenvalue weighted by atomic mass is 9.80. The second-order valence-electron chi connectivity index (χ2n) is 11.5. The summed E-state index contributed by atoms with van der Waals surface area (Å²) in [5.74, 6) is -2.56. The monoisotopic (exact) mass is 596 g/mol. The molecule has 1 aliphatic carbocycles. The maximum Gasteiger partial charge on any atom is 0.338 e. The molecular weight excluding hydrogens is 558 g/mol. The van der Waals surface area contributed by atoms with Crippen LogP contribution in [-0.4, -0.2) is 73.8 Å². The van der Waals surface area contributed by atoms with E-state index in [1.54, 1.807) is 0 Å². The molecule has 11 heteroatoms. The molecule has 1 unspecified atom stereocenters. The average Bonchev–Trinajstić information content (AvgIpc) is 3.46. The van der Waals surface area contributed by atoms with Crippen molar-refractivity contribution < 1.29 is 32.6 Å². The van der Waals surface area contributed by atoms with Crippen LogP contribution in [0.15, 0.2) is 53.7 Å². The third-order valence-corrected chi connectivity index (χ3v) is 8.89. The Morgan fingerprint density at radius 1 is 1.02 bits per heavy atom. The Morgan fingerprint density at radius 2 is 1.77 bits per heavy atom. The van der Waals surface area contributed by atoms with Crippen molar-refractivity contribution in [1.82, 2.24) is 20.4 Å². The van der Waals surface area contributed by atoms with Gasteiger partial charge in [0, 0.05) is 32.3 Å². The van der Waals surface area contributed by atoms with Crippen LogP contribution in [0, 0.1) is 18.6 Å². The minimum Gasteiger partial charge on any atom is -0.466 e. The summed E-state index contributed by atoms with van der Waals surface area (Å²) in [5, 5.41) is 5.50. The van der Waals surface area contributed by atoms with Crippen molar-refractivity contribution in [2.75, 3.05) is 33.9 Å². The lowest BCUT2D eigenvalue weighted by Gasteiger charge is -2.37. The van der Waals surface area contributed by atoms with E-state index in [2.05, 4.69) is 46.7 Å². The number of methoxy groups -OCH3 is 2. The van der Waals surface area contributed by atoms with Gasteiger partial charge in [-0.05, 0) is 73.8 Å². The number of hydrogen-bond donors (Lipinski definition) is 2. The van der Waals surface area contributed by atoms with E-state index in [1.165, 1.54) is 24.3 Å². The van der Waals surface area contributed by atoms with Crippen molar-refractivity contribution in [3.05, 3.63) is 82.1 Å². The number of urea groups is 2. The normalized spacial score (nSPS) is 24.6. The molecule has 2 N–H and O–H groups in total. The van der Waals surface area contributed by atoms with Crippen LogP contribution in [0.1, 0.15) is 60.8 Å². The summed E-state index contributed by atoms with van der Waals surface area (Å²) in [7, 11) is 2.53. The van der Waals surface area contributed by atoms with Crippen molar-refractivity contribution in [1.29, 1.82) is 0 Å². The van der Waals surface area contributed by atoms with Gasteiger partial charge in [0.1, 0.15) is 6.04 Å². The van der Waals surface area contributed by atoms with Gasteiger partial charge in [0.2, 0.25) is 0 Å². The SMILES string of the molecule is COCC1=C(C(=O)OC)[C@H](c2ccc(F)c(F)c2)N(C(=O)NC2CCN(C3CCC(c4ccccc4C)CC3)C2)C(=O)N1. The van der Waals surface area contributed by atoms with E-state index in [4.69, 9.17) is 9.47 Å². The zero-order valence-electron chi connectivity index (χ0n) is 24.7. The molecule has 0 radical (unpaired) electrons. The number of benzene rings is 2. The van der Waals surface area contributed by atoms with Gasteiger partial charge in [-0.25, -0.2) is 28.1 Å². The molecule has 1 saturated heterocycles. The zero-order chi connectivity index (χ0) is 30.7. The number of nitrogens with zero attached hydrogens (tertiary/aromatic N) is 2. The van der Waals surface area contributed by atoms with Gasteiger partial charge in [0.25, 0.3) is 0 Å². The summed E-state index contributed by atoms with van der Waals surface area (Å²) >= 11 is 0. The second-order valence-corrected chi connectivity index (χ2v) is 11.5. The highest BCUT2D eigenvalue weighted by molar-refractivity contribution is 6.01. The molecule has 0 aromatic heterocycles. The summed E-state index contributed by atoms with van der Waals surface area (Å²) in [6.07, 6.45) is 5.06. The molecule has 9 nitrogen and oxygen atoms in total. The number of nitrogens with one attached hydrogen (secondary N) is 2. The molecule has 230 valence electrons. The minimum absolute atomic E-state index is 0.0383. The van der Waals surface area contributed by atoms with Crippen molar-refractivity contribution in [3.63, 3.8) is 0 Å². The van der Waals surface area contributed by atoms with E-state index in [0.717, 1.165) is 56.4 Å². The first-order chi connectivity index (χ1) is 20.7. The van der Waals surface area contributed by atoms with Crippen LogP contribution in [-0.2, 0) is 14.3 Å². The third-order valence-electron chi connectivity index (χ3n) is 8.89. The van der Waals surface area contributed by atoms with Crippen molar-refractivity contribution in [3.8, 4) is 0 Å². The lowest BCUT2D eigenvalue weighted by molar-refractivity contribution is -0.137. The minimum atomic E-state index is -1.37. The molecule has 5 rings (SSSR count). The highest BCUT2D eigenvalue weighted by atomic mass is 19.2. The summed E-state index contributed by atoms with van der Waals surface area (Å²) in [5.41, 5.74) is 2.77. The number of hydrogen-bond acceptors (Lipinski definition) is 6. The summed E-state index contributed by atoms with van der Waals surface area (Å²) < 4.78 is 38.3. The maximum absolute atomic E-state index is 14.3. The first-order valence-electron chi connectivity index (χ1n) is 14.7. The van der Waals surface area contributed by atoms with Crippen LogP contribution in [0.4, 0.5) is 18.4 Å². The summed E-state index contributed by atoms with van der Waals surface area (Å²) in [4.78, 5) is 43.2. The number of esters is 1. The van der Waals surface area contributed by atoms with Crippen LogP contribution in [0.25, 0.3) is 0 Å². The third kappa shape index (κ3) is 6.42. The number of likely N-dealkylation sites (tertiary alicyclic amines) is 1. The second kappa shape index (κ2) is 13.2. The van der Waals surface area contributed by atoms with Crippen LogP contribution in [0.2, 0.25) is 0 Å². The van der Waals surface area contributed by atoms with Crippen molar-refractivity contribution in [2.24, 2.45) is 0 Å². The molecule has 0 spiro atoms. The van der Waals surface area contributed by atoms with Crippen LogP contribution >= 0.6 is 0 Å². The first-order valence-corrected chi connectivity index (χ1v) is 14.7. The quantitative estimate of drug-likeness (QED) is 0.440. The van der Waals surface area contributed by atoms with Crippen molar-refractivity contribution in [2.45, 2.75) is 63.1 Å². The van der Waals surface area contributed by atoms with Gasteiger partial charge in [0.15, 0.2) is 11.6 Å². The smallest absolute Gasteiger partial charge is 0.338 e. The fourth-order valence-electron chi connectivity index (χ4n) is 6.76. The highest BCUT2D eigenvalue weighted by Gasteiger charge is 2.44. The molecule has 2 aliphatic heterocycles. The molecule has 43 heavy (non-hydrogen) atoms. The average molecular weight is 597 g/mol. The molecule has 2 aromatic carbocycles. The molecule has 2 fully saturated rings.